The molecule has 2 N–H and O–H groups in total. The van der Waals surface area contributed by atoms with Crippen LogP contribution in [0.3, 0.4) is 0 Å². The number of carbonyl (C=O) groups is 3. The summed E-state index contributed by atoms with van der Waals surface area (Å²) in [6.07, 6.45) is 29.5. The molecule has 1 aliphatic rings. The molecule has 2 atom stereocenters. The molecule has 0 aromatic rings. The molecular weight excluding hydrogens is 667 g/mol. The molecule has 0 radical (unpaired) electrons. The molecule has 0 spiro atoms. The summed E-state index contributed by atoms with van der Waals surface area (Å²) in [5.41, 5.74) is 0. The maximum Gasteiger partial charge on any atom is 0.306 e. The fraction of sp³-hybridized carbons (Fsp3) is 0.932. The summed E-state index contributed by atoms with van der Waals surface area (Å²) in [4.78, 5) is 42.1. The largest absolute Gasteiger partial charge is 0.466 e. The van der Waals surface area contributed by atoms with Gasteiger partial charge in [0.05, 0.1) is 13.0 Å². The van der Waals surface area contributed by atoms with Crippen LogP contribution in [0.25, 0.3) is 0 Å². The molecule has 306 valence electrons. The van der Waals surface area contributed by atoms with Crippen LogP contribution in [-0.2, 0) is 19.1 Å². The molecule has 0 bridgehead atoms. The molecule has 1 rings (SSSR count). The summed E-state index contributed by atoms with van der Waals surface area (Å²) < 4.78 is 5.48. The summed E-state index contributed by atoms with van der Waals surface area (Å²) in [5, 5.41) is 6.46. The molecule has 8 heteroatoms. The van der Waals surface area contributed by atoms with Crippen molar-refractivity contribution in [3.05, 3.63) is 0 Å². The Morgan fingerprint density at radius 3 is 1.75 bits per heavy atom. The van der Waals surface area contributed by atoms with Gasteiger partial charge < -0.3 is 20.3 Å². The van der Waals surface area contributed by atoms with Gasteiger partial charge in [-0.05, 0) is 76.3 Å². The normalized spacial score (nSPS) is 15.1. The molecule has 0 aromatic heterocycles. The average molecular weight is 752 g/mol. The van der Waals surface area contributed by atoms with E-state index < -0.39 is 6.04 Å². The van der Waals surface area contributed by atoms with Crippen LogP contribution in [0.5, 0.6) is 0 Å². The van der Waals surface area contributed by atoms with Crippen LogP contribution in [-0.4, -0.2) is 73.5 Å². The molecule has 1 saturated heterocycles. The van der Waals surface area contributed by atoms with Gasteiger partial charge in [-0.3, -0.25) is 14.4 Å². The number of amides is 2. The molecule has 0 aromatic carbocycles. The van der Waals surface area contributed by atoms with E-state index >= 15 is 0 Å². The van der Waals surface area contributed by atoms with E-state index in [4.69, 9.17) is 4.74 Å². The first-order valence-corrected chi connectivity index (χ1v) is 23.4. The Morgan fingerprint density at radius 2 is 1.19 bits per heavy atom. The maximum absolute atomic E-state index is 13.8. The Kier molecular flexibility index (Phi) is 32.1. The van der Waals surface area contributed by atoms with Crippen molar-refractivity contribution >= 4 is 29.5 Å². The number of hydrogen-bond acceptors (Lipinski definition) is 6. The lowest BCUT2D eigenvalue weighted by molar-refractivity contribution is -0.143. The number of nitrogens with one attached hydrogen (secondary N) is 2. The van der Waals surface area contributed by atoms with Crippen molar-refractivity contribution in [3.63, 3.8) is 0 Å². The number of piperidine rings is 1. The lowest BCUT2D eigenvalue weighted by Crippen LogP contribution is -2.50. The van der Waals surface area contributed by atoms with Crippen molar-refractivity contribution in [3.8, 4) is 0 Å². The molecule has 2 amide bonds. The maximum atomic E-state index is 13.8. The minimum atomic E-state index is -0.538. The lowest BCUT2D eigenvalue weighted by Gasteiger charge is -2.29. The van der Waals surface area contributed by atoms with Crippen LogP contribution in [0.1, 0.15) is 195 Å². The van der Waals surface area contributed by atoms with Crippen LogP contribution in [0.4, 0.5) is 0 Å². The number of rotatable bonds is 35. The minimum absolute atomic E-state index is 0.0297. The van der Waals surface area contributed by atoms with Crippen molar-refractivity contribution in [1.29, 1.82) is 0 Å². The molecular formula is C44H85N3O4S. The summed E-state index contributed by atoms with van der Waals surface area (Å²) >= 11 is 1.68. The first kappa shape index (κ1) is 48.7. The molecule has 1 aliphatic heterocycles. The quantitative estimate of drug-likeness (QED) is 0.0495. The number of carbonyl (C=O) groups excluding carboxylic acids is 3. The highest BCUT2D eigenvalue weighted by molar-refractivity contribution is 7.99. The highest BCUT2D eigenvalue weighted by Crippen LogP contribution is 2.21. The number of unbranched alkanes of at least 4 members (excludes halogenated alkanes) is 16. The van der Waals surface area contributed by atoms with Crippen molar-refractivity contribution in [2.75, 3.05) is 44.8 Å². The molecule has 0 saturated carbocycles. The zero-order chi connectivity index (χ0) is 38.1. The summed E-state index contributed by atoms with van der Waals surface area (Å²) in [5.74, 6) is 2.50. The Balaban J connectivity index is 2.62. The van der Waals surface area contributed by atoms with Gasteiger partial charge in [0.15, 0.2) is 0 Å². The average Bonchev–Trinajstić information content (AvgIpc) is 3.13. The third-order valence-electron chi connectivity index (χ3n) is 10.9. The molecule has 7 nitrogen and oxygen atoms in total. The van der Waals surface area contributed by atoms with Crippen molar-refractivity contribution in [1.82, 2.24) is 15.5 Å². The van der Waals surface area contributed by atoms with Gasteiger partial charge in [0.25, 0.3) is 0 Å². The van der Waals surface area contributed by atoms with E-state index in [2.05, 4.69) is 50.3 Å². The van der Waals surface area contributed by atoms with Gasteiger partial charge in [-0.25, -0.2) is 0 Å². The highest BCUT2D eigenvalue weighted by Gasteiger charge is 2.26. The minimum Gasteiger partial charge on any atom is -0.466 e. The van der Waals surface area contributed by atoms with Crippen LogP contribution in [0.15, 0.2) is 0 Å². The van der Waals surface area contributed by atoms with Crippen LogP contribution in [0.2, 0.25) is 0 Å². The van der Waals surface area contributed by atoms with Crippen molar-refractivity contribution in [2.45, 2.75) is 201 Å². The molecule has 2 unspecified atom stereocenters. The zero-order valence-corrected chi connectivity index (χ0v) is 35.7. The Morgan fingerprint density at radius 1 is 0.673 bits per heavy atom. The number of esters is 1. The lowest BCUT2D eigenvalue weighted by atomic mass is 9.92. The number of likely N-dealkylation sites (tertiary alicyclic amines) is 1. The van der Waals surface area contributed by atoms with E-state index in [1.807, 2.05) is 0 Å². The summed E-state index contributed by atoms with van der Waals surface area (Å²) in [7, 11) is 2.16. The standard InChI is InChI=1S/C44H85N3O4S/c1-6-8-10-12-14-15-19-23-27-40(26-22-18-13-11-9-7-2)43(49)46-41(44(50)45-37-39-28-32-47(5)33-29-39)30-35-52-36-31-42(48)51-34-24-20-16-17-21-25-38(3)4/h38-41H,6-37H2,1-5H3,(H,45,50)(H,46,49). The van der Waals surface area contributed by atoms with Crippen molar-refractivity contribution < 1.29 is 19.1 Å². The van der Waals surface area contributed by atoms with E-state index in [0.717, 1.165) is 76.1 Å². The molecule has 1 heterocycles. The highest BCUT2D eigenvalue weighted by atomic mass is 32.2. The smallest absolute Gasteiger partial charge is 0.306 e. The molecule has 52 heavy (non-hydrogen) atoms. The Labute approximate surface area is 326 Å². The monoisotopic (exact) mass is 752 g/mol. The number of ether oxygens (including phenoxy) is 1. The fourth-order valence-corrected chi connectivity index (χ4v) is 8.11. The third-order valence-corrected chi connectivity index (χ3v) is 11.9. The van der Waals surface area contributed by atoms with Gasteiger partial charge in [0.1, 0.15) is 6.04 Å². The number of nitrogens with zero attached hydrogens (tertiary/aromatic N) is 1. The SMILES string of the molecule is CCCCCCCCCCC(CCCCCCCC)C(=O)NC(CCSCCC(=O)OCCCCCCCC(C)C)C(=O)NCC1CCN(C)CC1. The van der Waals surface area contributed by atoms with Gasteiger partial charge in [-0.2, -0.15) is 11.8 Å². The topological polar surface area (TPSA) is 87.7 Å². The third kappa shape index (κ3) is 28.2. The summed E-state index contributed by atoms with van der Waals surface area (Å²) in [6.45, 7) is 12.4. The van der Waals surface area contributed by atoms with E-state index in [1.54, 1.807) is 11.8 Å². The number of thioether (sulfide) groups is 1. The van der Waals surface area contributed by atoms with Gasteiger partial charge in [0.2, 0.25) is 11.8 Å². The van der Waals surface area contributed by atoms with Crippen molar-refractivity contribution in [2.24, 2.45) is 17.8 Å². The second kappa shape index (κ2) is 34.2. The second-order valence-corrected chi connectivity index (χ2v) is 17.6. The first-order chi connectivity index (χ1) is 25.3. The second-order valence-electron chi connectivity index (χ2n) is 16.4. The van der Waals surface area contributed by atoms with E-state index in [0.29, 0.717) is 37.7 Å². The predicted molar refractivity (Wildman–Crippen MR) is 224 cm³/mol. The first-order valence-electron chi connectivity index (χ1n) is 22.3. The van der Waals surface area contributed by atoms with Crippen LogP contribution in [0, 0.1) is 17.8 Å². The van der Waals surface area contributed by atoms with Gasteiger partial charge in [0, 0.05) is 18.2 Å². The fourth-order valence-electron chi connectivity index (χ4n) is 7.20. The van der Waals surface area contributed by atoms with E-state index in [9.17, 15) is 14.4 Å². The molecule has 1 fully saturated rings. The number of hydrogen-bond donors (Lipinski definition) is 2. The van der Waals surface area contributed by atoms with E-state index in [-0.39, 0.29) is 23.7 Å². The van der Waals surface area contributed by atoms with Gasteiger partial charge >= 0.3 is 5.97 Å². The van der Waals surface area contributed by atoms with Crippen LogP contribution >= 0.6 is 11.8 Å². The zero-order valence-electron chi connectivity index (χ0n) is 34.9. The summed E-state index contributed by atoms with van der Waals surface area (Å²) in [6, 6.07) is -0.538. The van der Waals surface area contributed by atoms with Gasteiger partial charge in [-0.1, -0.05) is 150 Å². The van der Waals surface area contributed by atoms with E-state index in [1.165, 1.54) is 103 Å². The Hall–Kier alpha value is -1.28. The van der Waals surface area contributed by atoms with Crippen LogP contribution < -0.4 is 10.6 Å². The molecule has 0 aliphatic carbocycles. The Bertz CT molecular complexity index is 864. The van der Waals surface area contributed by atoms with Gasteiger partial charge in [-0.15, -0.1) is 0 Å². The predicted octanol–water partition coefficient (Wildman–Crippen LogP) is 10.9.